The lowest BCUT2D eigenvalue weighted by Crippen LogP contribution is -2.36. The second-order valence-corrected chi connectivity index (χ2v) is 8.53. The summed E-state index contributed by atoms with van der Waals surface area (Å²) in [7, 11) is 0. The molecular weight excluding hydrogens is 416 g/mol. The number of anilines is 2. The number of carbonyl (C=O) groups excluding carboxylic acids is 2. The summed E-state index contributed by atoms with van der Waals surface area (Å²) in [5, 5.41) is 5.92. The van der Waals surface area contributed by atoms with Crippen molar-refractivity contribution in [3.05, 3.63) is 53.2 Å². The van der Waals surface area contributed by atoms with Crippen molar-refractivity contribution in [2.45, 2.75) is 50.7 Å². The number of nitrogens with zero attached hydrogens (tertiary/aromatic N) is 2. The first-order valence-electron chi connectivity index (χ1n) is 10.8. The highest BCUT2D eigenvalue weighted by atomic mass is 35.5. The van der Waals surface area contributed by atoms with Gasteiger partial charge in [0.15, 0.2) is 0 Å². The van der Waals surface area contributed by atoms with Gasteiger partial charge in [0.2, 0.25) is 0 Å². The predicted octanol–water partition coefficient (Wildman–Crippen LogP) is 4.94. The Morgan fingerprint density at radius 2 is 1.84 bits per heavy atom. The molecule has 1 atom stereocenters. The van der Waals surface area contributed by atoms with Crippen molar-refractivity contribution in [2.75, 3.05) is 23.7 Å². The van der Waals surface area contributed by atoms with E-state index in [0.717, 1.165) is 19.5 Å². The van der Waals surface area contributed by atoms with E-state index in [4.69, 9.17) is 16.3 Å². The number of aromatic nitrogens is 1. The van der Waals surface area contributed by atoms with Gasteiger partial charge in [0.1, 0.15) is 11.9 Å². The van der Waals surface area contributed by atoms with Crippen LogP contribution >= 0.6 is 11.6 Å². The molecule has 2 amide bonds. The zero-order chi connectivity index (χ0) is 21.6. The summed E-state index contributed by atoms with van der Waals surface area (Å²) in [6.07, 6.45) is 8.02. The first kappa shape index (κ1) is 21.6. The third-order valence-electron chi connectivity index (χ3n) is 5.92. The van der Waals surface area contributed by atoms with Crippen LogP contribution in [-0.2, 0) is 4.74 Å². The van der Waals surface area contributed by atoms with E-state index in [1.807, 2.05) is 0 Å². The van der Waals surface area contributed by atoms with Crippen molar-refractivity contribution in [2.24, 2.45) is 0 Å². The number of nitrogens with one attached hydrogen (secondary N) is 2. The van der Waals surface area contributed by atoms with Gasteiger partial charge < -0.3 is 10.1 Å². The molecule has 1 saturated carbocycles. The minimum Gasteiger partial charge on any atom is -0.445 e. The van der Waals surface area contributed by atoms with Gasteiger partial charge in [-0.1, -0.05) is 43.0 Å². The van der Waals surface area contributed by atoms with Gasteiger partial charge in [-0.15, -0.1) is 0 Å². The fourth-order valence-corrected chi connectivity index (χ4v) is 4.45. The molecule has 0 bridgehead atoms. The molecular formula is C23H27ClN4O3. The molecule has 1 unspecified atom stereocenters. The number of para-hydroxylation sites is 1. The number of amides is 2. The number of halogens is 1. The maximum atomic E-state index is 12.7. The van der Waals surface area contributed by atoms with Gasteiger partial charge in [-0.05, 0) is 43.5 Å². The summed E-state index contributed by atoms with van der Waals surface area (Å²) in [6.45, 7) is 1.75. The van der Waals surface area contributed by atoms with Crippen LogP contribution in [0.4, 0.5) is 16.3 Å². The molecule has 2 aromatic rings. The number of likely N-dealkylation sites (tertiary alicyclic amines) is 1. The summed E-state index contributed by atoms with van der Waals surface area (Å²) < 4.78 is 5.65. The molecule has 1 aromatic carbocycles. The van der Waals surface area contributed by atoms with Crippen molar-refractivity contribution in [3.63, 3.8) is 0 Å². The number of rotatable bonds is 5. The van der Waals surface area contributed by atoms with E-state index in [2.05, 4.69) is 20.5 Å². The van der Waals surface area contributed by atoms with Gasteiger partial charge in [0.25, 0.3) is 5.91 Å². The molecule has 2 fully saturated rings. The van der Waals surface area contributed by atoms with Gasteiger partial charge in [-0.25, -0.2) is 9.78 Å². The zero-order valence-corrected chi connectivity index (χ0v) is 18.1. The number of hydrogen-bond acceptors (Lipinski definition) is 5. The second kappa shape index (κ2) is 10.1. The minimum atomic E-state index is -0.541. The van der Waals surface area contributed by atoms with Crippen molar-refractivity contribution < 1.29 is 14.3 Å². The fourth-order valence-electron chi connectivity index (χ4n) is 4.34. The Morgan fingerprint density at radius 3 is 2.61 bits per heavy atom. The molecule has 1 aliphatic carbocycles. The van der Waals surface area contributed by atoms with E-state index in [0.29, 0.717) is 28.1 Å². The minimum absolute atomic E-state index is 0.124. The Kier molecular flexibility index (Phi) is 7.04. The molecule has 1 aliphatic heterocycles. The first-order valence-corrected chi connectivity index (χ1v) is 11.2. The number of ether oxygens (including phenoxy) is 1. The van der Waals surface area contributed by atoms with Crippen molar-refractivity contribution >= 4 is 35.1 Å². The highest BCUT2D eigenvalue weighted by Crippen LogP contribution is 2.27. The second-order valence-electron chi connectivity index (χ2n) is 8.09. The molecule has 8 heteroatoms. The third kappa shape index (κ3) is 5.74. The molecule has 7 nitrogen and oxygen atoms in total. The maximum absolute atomic E-state index is 12.7. The zero-order valence-electron chi connectivity index (χ0n) is 17.4. The van der Waals surface area contributed by atoms with Gasteiger partial charge in [0.05, 0.1) is 16.3 Å². The normalized spacial score (nSPS) is 19.7. The highest BCUT2D eigenvalue weighted by Gasteiger charge is 2.31. The van der Waals surface area contributed by atoms with E-state index in [1.165, 1.54) is 38.3 Å². The molecule has 164 valence electrons. The molecule has 2 aliphatic rings. The molecule has 2 N–H and O–H groups in total. The Labute approximate surface area is 187 Å². The average Bonchev–Trinajstić information content (AvgIpc) is 3.24. The maximum Gasteiger partial charge on any atom is 0.411 e. The lowest BCUT2D eigenvalue weighted by Gasteiger charge is -2.30. The number of pyridine rings is 1. The van der Waals surface area contributed by atoms with Crippen LogP contribution in [0.25, 0.3) is 0 Å². The molecule has 0 spiro atoms. The van der Waals surface area contributed by atoms with E-state index < -0.39 is 6.09 Å². The molecule has 4 rings (SSSR count). The van der Waals surface area contributed by atoms with Gasteiger partial charge in [-0.2, -0.15) is 0 Å². The van der Waals surface area contributed by atoms with E-state index in [-0.39, 0.29) is 12.0 Å². The monoisotopic (exact) mass is 442 g/mol. The summed E-state index contributed by atoms with van der Waals surface area (Å²) in [5.74, 6) is -0.00407. The number of hydrogen-bond donors (Lipinski definition) is 2. The Bertz CT molecular complexity index is 915. The van der Waals surface area contributed by atoms with Crippen molar-refractivity contribution in [3.8, 4) is 0 Å². The van der Waals surface area contributed by atoms with Crippen molar-refractivity contribution in [1.29, 1.82) is 0 Å². The van der Waals surface area contributed by atoms with Gasteiger partial charge >= 0.3 is 6.09 Å². The standard InChI is InChI=1S/C23H27ClN4O3/c24-16-10-11-21(25-14-16)27-22(29)19-8-4-5-9-20(19)26-23(30)31-18-12-13-28(15-18)17-6-2-1-3-7-17/h4-5,8-11,14,17-18H,1-3,6-7,12-13,15H2,(H,26,30)(H,25,27,29). The topological polar surface area (TPSA) is 83.6 Å². The molecule has 1 saturated heterocycles. The van der Waals surface area contributed by atoms with E-state index in [1.54, 1.807) is 36.4 Å². The summed E-state index contributed by atoms with van der Waals surface area (Å²) in [4.78, 5) is 31.7. The SMILES string of the molecule is O=C(Nc1ccccc1C(=O)Nc1ccc(Cl)cn1)OC1CCN(C2CCCCC2)C1. The fraction of sp³-hybridized carbons (Fsp3) is 0.435. The van der Waals surface area contributed by atoms with Gasteiger partial charge in [0, 0.05) is 25.3 Å². The predicted molar refractivity (Wildman–Crippen MR) is 121 cm³/mol. The van der Waals surface area contributed by atoms with Crippen LogP contribution in [0, 0.1) is 0 Å². The summed E-state index contributed by atoms with van der Waals surface area (Å²) >= 11 is 5.83. The highest BCUT2D eigenvalue weighted by molar-refractivity contribution is 6.30. The lowest BCUT2D eigenvalue weighted by molar-refractivity contribution is 0.102. The summed E-state index contributed by atoms with van der Waals surface area (Å²) in [5.41, 5.74) is 0.715. The van der Waals surface area contributed by atoms with E-state index in [9.17, 15) is 9.59 Å². The molecule has 1 aromatic heterocycles. The van der Waals surface area contributed by atoms with Crippen LogP contribution < -0.4 is 10.6 Å². The largest absolute Gasteiger partial charge is 0.445 e. The van der Waals surface area contributed by atoms with Crippen molar-refractivity contribution in [1.82, 2.24) is 9.88 Å². The molecule has 31 heavy (non-hydrogen) atoms. The van der Waals surface area contributed by atoms with Crippen LogP contribution in [0.15, 0.2) is 42.6 Å². The van der Waals surface area contributed by atoms with Crippen LogP contribution in [0.5, 0.6) is 0 Å². The van der Waals surface area contributed by atoms with Crippen LogP contribution in [-0.4, -0.2) is 47.1 Å². The molecule has 0 radical (unpaired) electrons. The lowest BCUT2D eigenvalue weighted by atomic mass is 9.94. The Balaban J connectivity index is 1.33. The number of carbonyl (C=O) groups is 2. The van der Waals surface area contributed by atoms with Crippen LogP contribution in [0.2, 0.25) is 5.02 Å². The van der Waals surface area contributed by atoms with Crippen LogP contribution in [0.1, 0.15) is 48.9 Å². The Morgan fingerprint density at radius 1 is 1.03 bits per heavy atom. The average molecular weight is 443 g/mol. The third-order valence-corrected chi connectivity index (χ3v) is 6.14. The van der Waals surface area contributed by atoms with Crippen LogP contribution in [0.3, 0.4) is 0 Å². The van der Waals surface area contributed by atoms with E-state index >= 15 is 0 Å². The quantitative estimate of drug-likeness (QED) is 0.685. The smallest absolute Gasteiger partial charge is 0.411 e. The first-order chi connectivity index (χ1) is 15.1. The van der Waals surface area contributed by atoms with Gasteiger partial charge in [-0.3, -0.25) is 15.0 Å². The summed E-state index contributed by atoms with van der Waals surface area (Å²) in [6, 6.07) is 10.7. The number of benzene rings is 1. The molecule has 2 heterocycles. The Hall–Kier alpha value is -2.64.